The van der Waals surface area contributed by atoms with Crippen LogP contribution in [0.4, 0.5) is 5.69 Å². The first-order valence-electron chi connectivity index (χ1n) is 9.59. The van der Waals surface area contributed by atoms with Gasteiger partial charge in [-0.15, -0.1) is 0 Å². The summed E-state index contributed by atoms with van der Waals surface area (Å²) in [5.41, 5.74) is 6.64. The van der Waals surface area contributed by atoms with Crippen molar-refractivity contribution < 1.29 is 9.28 Å². The molecule has 0 N–H and O–H groups in total. The molecular weight excluding hydrogens is 308 g/mol. The van der Waals surface area contributed by atoms with Crippen molar-refractivity contribution in [2.24, 2.45) is 5.92 Å². The highest BCUT2D eigenvalue weighted by Gasteiger charge is 2.66. The number of para-hydroxylation sites is 1. The Labute approximate surface area is 150 Å². The molecule has 0 amide bonds. The molecule has 0 aromatic heterocycles. The van der Waals surface area contributed by atoms with Gasteiger partial charge < -0.3 is 9.38 Å². The summed E-state index contributed by atoms with van der Waals surface area (Å²) in [7, 11) is 4.63. The number of hydrogen-bond donors (Lipinski definition) is 0. The predicted octanol–water partition coefficient (Wildman–Crippen LogP) is 3.42. The topological polar surface area (TPSA) is 20.3 Å². The number of benzene rings is 1. The molecule has 3 heteroatoms. The van der Waals surface area contributed by atoms with Crippen molar-refractivity contribution in [2.45, 2.75) is 37.6 Å². The number of fused-ring (bicyclic) bond motifs is 2. The number of allylic oxidation sites excluding steroid dienone is 2. The van der Waals surface area contributed by atoms with Gasteiger partial charge in [0.2, 0.25) is 0 Å². The van der Waals surface area contributed by atoms with E-state index in [-0.39, 0.29) is 5.41 Å². The number of anilines is 1. The van der Waals surface area contributed by atoms with E-state index >= 15 is 0 Å². The molecule has 3 aliphatic heterocycles. The molecule has 2 bridgehead atoms. The lowest BCUT2D eigenvalue weighted by molar-refractivity contribution is -0.922. The van der Waals surface area contributed by atoms with Crippen LogP contribution in [0, 0.1) is 5.92 Å². The van der Waals surface area contributed by atoms with Gasteiger partial charge in [-0.05, 0) is 18.6 Å². The Morgan fingerprint density at radius 3 is 2.84 bits per heavy atom. The second-order valence-corrected chi connectivity index (χ2v) is 8.56. The maximum absolute atomic E-state index is 12.3. The molecule has 1 aromatic rings. The van der Waals surface area contributed by atoms with Crippen molar-refractivity contribution in [3.8, 4) is 0 Å². The number of carbonyl (C=O) groups is 1. The first-order chi connectivity index (χ1) is 12.1. The van der Waals surface area contributed by atoms with Gasteiger partial charge in [0, 0.05) is 49.2 Å². The first kappa shape index (κ1) is 15.4. The van der Waals surface area contributed by atoms with Crippen LogP contribution in [0.15, 0.2) is 47.2 Å². The lowest BCUT2D eigenvalue weighted by Gasteiger charge is -2.45. The molecule has 4 aliphatic rings. The van der Waals surface area contributed by atoms with Crippen molar-refractivity contribution in [3.05, 3.63) is 52.7 Å². The van der Waals surface area contributed by atoms with Crippen LogP contribution in [0.2, 0.25) is 0 Å². The Balaban J connectivity index is 1.87. The van der Waals surface area contributed by atoms with Gasteiger partial charge in [0.25, 0.3) is 0 Å². The largest absolute Gasteiger partial charge is 0.346 e. The minimum atomic E-state index is 0.0377. The molecule has 5 rings (SSSR count). The summed E-state index contributed by atoms with van der Waals surface area (Å²) in [6.45, 7) is 4.56. The average molecular weight is 335 g/mol. The van der Waals surface area contributed by atoms with E-state index in [4.69, 9.17) is 0 Å². The van der Waals surface area contributed by atoms with Crippen LogP contribution in [0.5, 0.6) is 0 Å². The van der Waals surface area contributed by atoms with E-state index in [1.54, 1.807) is 0 Å². The summed E-state index contributed by atoms with van der Waals surface area (Å²) in [4.78, 5) is 14.6. The third-order valence-electron chi connectivity index (χ3n) is 7.81. The zero-order chi connectivity index (χ0) is 17.4. The highest BCUT2D eigenvalue weighted by Crippen LogP contribution is 2.63. The number of quaternary nitrogens is 1. The third kappa shape index (κ3) is 1.63. The Kier molecular flexibility index (Phi) is 2.99. The number of rotatable bonds is 1. The number of aldehydes is 1. The molecule has 130 valence electrons. The van der Waals surface area contributed by atoms with E-state index in [0.29, 0.717) is 12.0 Å². The van der Waals surface area contributed by atoms with E-state index in [1.807, 2.05) is 0 Å². The fraction of sp³-hybridized carbons (Fsp3) is 0.500. The summed E-state index contributed by atoms with van der Waals surface area (Å²) < 4.78 is 1.16. The monoisotopic (exact) mass is 335 g/mol. The Hall–Kier alpha value is -1.87. The second kappa shape index (κ2) is 4.85. The summed E-state index contributed by atoms with van der Waals surface area (Å²) in [6, 6.07) is 9.43. The van der Waals surface area contributed by atoms with E-state index in [0.717, 1.165) is 22.9 Å². The number of hydrogen-bond acceptors (Lipinski definition) is 2. The molecule has 3 heterocycles. The highest BCUT2D eigenvalue weighted by molar-refractivity contribution is 5.85. The Bertz CT molecular complexity index is 838. The molecule has 0 saturated carbocycles. The summed E-state index contributed by atoms with van der Waals surface area (Å²) in [5, 5.41) is 0. The van der Waals surface area contributed by atoms with Crippen LogP contribution in [0.1, 0.15) is 31.7 Å². The summed E-state index contributed by atoms with van der Waals surface area (Å²) in [5.74, 6) is 0.311. The number of likely N-dealkylation sites (N-methyl/N-ethyl adjacent to an activating group) is 2. The molecule has 3 nitrogen and oxygen atoms in total. The predicted molar refractivity (Wildman–Crippen MR) is 100 cm³/mol. The molecule has 1 aromatic carbocycles. The molecular formula is C22H27N2O+. The zero-order valence-electron chi connectivity index (χ0n) is 15.5. The van der Waals surface area contributed by atoms with Crippen LogP contribution < -0.4 is 4.90 Å². The average Bonchev–Trinajstić information content (AvgIpc) is 3.02. The normalized spacial score (nSPS) is 40.1. The number of carbonyl (C=O) groups excluding carboxylic acids is 1. The summed E-state index contributed by atoms with van der Waals surface area (Å²) in [6.07, 6.45) is 6.87. The molecule has 1 spiro atoms. The lowest BCUT2D eigenvalue weighted by atomic mass is 9.63. The quantitative estimate of drug-likeness (QED) is 0.445. The van der Waals surface area contributed by atoms with Crippen LogP contribution in [0.25, 0.3) is 0 Å². The van der Waals surface area contributed by atoms with Crippen molar-refractivity contribution >= 4 is 12.0 Å². The van der Waals surface area contributed by atoms with Gasteiger partial charge in [0.05, 0.1) is 25.6 Å². The van der Waals surface area contributed by atoms with Gasteiger partial charge in [0.1, 0.15) is 12.3 Å². The minimum Gasteiger partial charge on any atom is -0.346 e. The standard InChI is InChI=1S/C22H27N2O/c1-4-15-9-11-24(3)12-10-22-18-7-5-6-8-19(18)23(2)21(22)17(14-25)16(15)13-20(22)24/h4-8,14,16,20H,9-13H2,1-3H3/q+1. The molecule has 4 atom stereocenters. The molecule has 25 heavy (non-hydrogen) atoms. The van der Waals surface area contributed by atoms with E-state index < -0.39 is 0 Å². The van der Waals surface area contributed by atoms with Crippen molar-refractivity contribution in [1.82, 2.24) is 0 Å². The SMILES string of the molecule is CC=C1CC[N+]2(C)CCC34C(=C(C=O)C1CC32)N(C)c1ccccc14. The Morgan fingerprint density at radius 2 is 2.08 bits per heavy atom. The van der Waals surface area contributed by atoms with E-state index in [9.17, 15) is 4.79 Å². The van der Waals surface area contributed by atoms with Crippen LogP contribution in [0.3, 0.4) is 0 Å². The third-order valence-corrected chi connectivity index (χ3v) is 7.81. The van der Waals surface area contributed by atoms with Crippen LogP contribution in [-0.2, 0) is 10.2 Å². The lowest BCUT2D eigenvalue weighted by Crippen LogP contribution is -2.56. The molecule has 0 radical (unpaired) electrons. The zero-order valence-corrected chi connectivity index (χ0v) is 15.5. The number of nitrogens with zero attached hydrogens (tertiary/aromatic N) is 2. The van der Waals surface area contributed by atoms with Crippen LogP contribution in [-0.4, -0.2) is 44.0 Å². The first-order valence-corrected chi connectivity index (χ1v) is 9.59. The highest BCUT2D eigenvalue weighted by atomic mass is 16.1. The fourth-order valence-corrected chi connectivity index (χ4v) is 6.65. The maximum Gasteiger partial charge on any atom is 0.148 e. The van der Waals surface area contributed by atoms with Crippen molar-refractivity contribution in [1.29, 1.82) is 0 Å². The molecule has 1 aliphatic carbocycles. The molecule has 4 unspecified atom stereocenters. The van der Waals surface area contributed by atoms with Gasteiger partial charge >= 0.3 is 0 Å². The summed E-state index contributed by atoms with van der Waals surface area (Å²) >= 11 is 0. The van der Waals surface area contributed by atoms with Crippen LogP contribution >= 0.6 is 0 Å². The van der Waals surface area contributed by atoms with E-state index in [1.165, 1.54) is 48.3 Å². The molecule has 2 saturated heterocycles. The van der Waals surface area contributed by atoms with Gasteiger partial charge in [-0.2, -0.15) is 0 Å². The Morgan fingerprint density at radius 1 is 1.28 bits per heavy atom. The van der Waals surface area contributed by atoms with E-state index in [2.05, 4.69) is 56.3 Å². The minimum absolute atomic E-state index is 0.0377. The molecule has 2 fully saturated rings. The van der Waals surface area contributed by atoms with Crippen molar-refractivity contribution in [2.75, 3.05) is 32.1 Å². The smallest absolute Gasteiger partial charge is 0.148 e. The second-order valence-electron chi connectivity index (χ2n) is 8.56. The van der Waals surface area contributed by atoms with Gasteiger partial charge in [-0.25, -0.2) is 0 Å². The van der Waals surface area contributed by atoms with Gasteiger partial charge in [-0.1, -0.05) is 29.8 Å². The van der Waals surface area contributed by atoms with Crippen molar-refractivity contribution in [3.63, 3.8) is 0 Å². The van der Waals surface area contributed by atoms with Gasteiger partial charge in [-0.3, -0.25) is 4.79 Å². The fourth-order valence-electron chi connectivity index (χ4n) is 6.65. The maximum atomic E-state index is 12.3. The van der Waals surface area contributed by atoms with Gasteiger partial charge in [0.15, 0.2) is 0 Å².